The van der Waals surface area contributed by atoms with E-state index < -0.39 is 36.2 Å². The number of hydrogen-bond donors (Lipinski definition) is 3. The number of aliphatic hydroxyl groups excluding tert-OH is 2. The zero-order valence-corrected chi connectivity index (χ0v) is 17.7. The maximum atomic E-state index is 13.6. The largest absolute Gasteiger partial charge is 0.481 e. The first-order chi connectivity index (χ1) is 15.8. The number of carboxylic acid groups (broad SMARTS) is 1. The van der Waals surface area contributed by atoms with E-state index in [1.54, 1.807) is 30.3 Å². The summed E-state index contributed by atoms with van der Waals surface area (Å²) in [7, 11) is 0. The van der Waals surface area contributed by atoms with Crippen LogP contribution in [-0.2, 0) is 4.79 Å². The summed E-state index contributed by atoms with van der Waals surface area (Å²) in [6, 6.07) is 21.1. The molecule has 0 fully saturated rings. The Bertz CT molecular complexity index is 1070. The first-order valence-corrected chi connectivity index (χ1v) is 10.4. The molecular formula is C27H24F2O4. The third-order valence-electron chi connectivity index (χ3n) is 5.03. The number of hydrogen-bond acceptors (Lipinski definition) is 3. The minimum absolute atomic E-state index is 0.146. The summed E-state index contributed by atoms with van der Waals surface area (Å²) < 4.78 is 27.2. The Kier molecular flexibility index (Phi) is 8.24. The van der Waals surface area contributed by atoms with E-state index in [2.05, 4.69) is 0 Å². The zero-order valence-electron chi connectivity index (χ0n) is 17.7. The fourth-order valence-corrected chi connectivity index (χ4v) is 3.50. The van der Waals surface area contributed by atoms with E-state index in [9.17, 15) is 23.8 Å². The summed E-state index contributed by atoms with van der Waals surface area (Å²) in [5, 5.41) is 29.0. The summed E-state index contributed by atoms with van der Waals surface area (Å²) in [6.07, 6.45) is 0.243. The van der Waals surface area contributed by atoms with Crippen LogP contribution in [0.5, 0.6) is 0 Å². The number of carboxylic acids is 1. The summed E-state index contributed by atoms with van der Waals surface area (Å²) in [5.41, 5.74) is 3.55. The van der Waals surface area contributed by atoms with Gasteiger partial charge in [-0.05, 0) is 52.1 Å². The molecule has 3 N–H and O–H groups in total. The molecule has 0 radical (unpaired) electrons. The highest BCUT2D eigenvalue weighted by atomic mass is 19.1. The van der Waals surface area contributed by atoms with Gasteiger partial charge in [-0.25, -0.2) is 8.78 Å². The van der Waals surface area contributed by atoms with Crippen LogP contribution in [0, 0.1) is 11.6 Å². The van der Waals surface area contributed by atoms with Gasteiger partial charge < -0.3 is 15.3 Å². The van der Waals surface area contributed by atoms with Gasteiger partial charge in [0.15, 0.2) is 0 Å². The van der Waals surface area contributed by atoms with Gasteiger partial charge in [0.2, 0.25) is 0 Å². The molecule has 170 valence electrons. The molecule has 2 unspecified atom stereocenters. The molecule has 4 nitrogen and oxygen atoms in total. The van der Waals surface area contributed by atoms with Crippen molar-refractivity contribution < 1.29 is 28.9 Å². The van der Waals surface area contributed by atoms with Crippen molar-refractivity contribution in [1.29, 1.82) is 0 Å². The third kappa shape index (κ3) is 6.94. The molecule has 0 heterocycles. The van der Waals surface area contributed by atoms with Gasteiger partial charge in [-0.3, -0.25) is 4.79 Å². The van der Waals surface area contributed by atoms with E-state index in [0.717, 1.165) is 5.56 Å². The van der Waals surface area contributed by atoms with E-state index in [0.29, 0.717) is 22.3 Å². The lowest BCUT2D eigenvalue weighted by Crippen LogP contribution is -2.19. The van der Waals surface area contributed by atoms with Crippen molar-refractivity contribution in [2.75, 3.05) is 0 Å². The standard InChI is InChI=1S/C27H24F2O4/c28-21-10-6-19(7-11-21)27(20-8-12-22(29)13-9-20)25(18-4-2-1-3-5-18)15-14-23(30)16-24(31)17-26(32)33/h1-15,23-24,30-31H,16-17H2,(H,32,33)/b15-14+. The lowest BCUT2D eigenvalue weighted by Gasteiger charge is -2.16. The van der Waals surface area contributed by atoms with Crippen LogP contribution in [0.4, 0.5) is 8.78 Å². The van der Waals surface area contributed by atoms with E-state index in [-0.39, 0.29) is 6.42 Å². The molecule has 0 saturated heterocycles. The van der Waals surface area contributed by atoms with Crippen LogP contribution in [0.3, 0.4) is 0 Å². The smallest absolute Gasteiger partial charge is 0.305 e. The Hall–Kier alpha value is -3.61. The Morgan fingerprint density at radius 1 is 0.788 bits per heavy atom. The van der Waals surface area contributed by atoms with Crippen LogP contribution in [0.25, 0.3) is 11.1 Å². The maximum absolute atomic E-state index is 13.6. The average Bonchev–Trinajstić information content (AvgIpc) is 2.78. The second-order valence-electron chi connectivity index (χ2n) is 7.58. The number of aliphatic hydroxyl groups is 2. The van der Waals surface area contributed by atoms with Crippen LogP contribution in [0.2, 0.25) is 0 Å². The van der Waals surface area contributed by atoms with Crippen molar-refractivity contribution in [3.8, 4) is 0 Å². The van der Waals surface area contributed by atoms with Crippen molar-refractivity contribution in [3.63, 3.8) is 0 Å². The first-order valence-electron chi connectivity index (χ1n) is 10.4. The predicted octanol–water partition coefficient (Wildman–Crippen LogP) is 5.07. The summed E-state index contributed by atoms with van der Waals surface area (Å²) >= 11 is 0. The van der Waals surface area contributed by atoms with Crippen LogP contribution >= 0.6 is 0 Å². The zero-order chi connectivity index (χ0) is 23.8. The van der Waals surface area contributed by atoms with Gasteiger partial charge in [-0.2, -0.15) is 0 Å². The molecule has 6 heteroatoms. The lowest BCUT2D eigenvalue weighted by atomic mass is 9.89. The van der Waals surface area contributed by atoms with Gasteiger partial charge in [-0.15, -0.1) is 0 Å². The van der Waals surface area contributed by atoms with Crippen molar-refractivity contribution in [2.45, 2.75) is 25.0 Å². The molecule has 3 rings (SSSR count). The second kappa shape index (κ2) is 11.3. The average molecular weight is 450 g/mol. The number of allylic oxidation sites excluding steroid dienone is 2. The van der Waals surface area contributed by atoms with Gasteiger partial charge in [0.1, 0.15) is 11.6 Å². The van der Waals surface area contributed by atoms with E-state index in [1.165, 1.54) is 30.3 Å². The number of carbonyl (C=O) groups is 1. The van der Waals surface area contributed by atoms with Gasteiger partial charge in [0.05, 0.1) is 18.6 Å². The Morgan fingerprint density at radius 3 is 1.79 bits per heavy atom. The quantitative estimate of drug-likeness (QED) is 0.314. The van der Waals surface area contributed by atoms with Crippen LogP contribution < -0.4 is 0 Å². The molecule has 33 heavy (non-hydrogen) atoms. The molecular weight excluding hydrogens is 426 g/mol. The fraction of sp³-hybridized carbons (Fsp3) is 0.148. The molecule has 0 amide bonds. The van der Waals surface area contributed by atoms with Crippen molar-refractivity contribution in [3.05, 3.63) is 119 Å². The monoisotopic (exact) mass is 450 g/mol. The van der Waals surface area contributed by atoms with Gasteiger partial charge in [-0.1, -0.05) is 66.7 Å². The minimum Gasteiger partial charge on any atom is -0.481 e. The molecule has 0 aliphatic carbocycles. The number of benzene rings is 3. The van der Waals surface area contributed by atoms with E-state index in [4.69, 9.17) is 5.11 Å². The normalized spacial score (nSPS) is 13.0. The molecule has 0 aliphatic heterocycles. The Labute approximate surface area is 190 Å². The second-order valence-corrected chi connectivity index (χ2v) is 7.58. The molecule has 0 spiro atoms. The van der Waals surface area contributed by atoms with Crippen molar-refractivity contribution in [1.82, 2.24) is 0 Å². The predicted molar refractivity (Wildman–Crippen MR) is 123 cm³/mol. The summed E-state index contributed by atoms with van der Waals surface area (Å²) in [4.78, 5) is 10.8. The highest BCUT2D eigenvalue weighted by Gasteiger charge is 2.16. The Morgan fingerprint density at radius 2 is 1.30 bits per heavy atom. The number of rotatable bonds is 9. The molecule has 2 atom stereocenters. The van der Waals surface area contributed by atoms with Gasteiger partial charge in [0, 0.05) is 6.42 Å². The van der Waals surface area contributed by atoms with Crippen LogP contribution in [0.1, 0.15) is 29.5 Å². The van der Waals surface area contributed by atoms with E-state index in [1.807, 2.05) is 30.3 Å². The van der Waals surface area contributed by atoms with Gasteiger partial charge in [0.25, 0.3) is 0 Å². The highest BCUT2D eigenvalue weighted by Crippen LogP contribution is 2.33. The molecule has 0 aromatic heterocycles. The molecule has 0 saturated carbocycles. The molecule has 3 aromatic rings. The fourth-order valence-electron chi connectivity index (χ4n) is 3.50. The molecule has 0 bridgehead atoms. The lowest BCUT2D eigenvalue weighted by molar-refractivity contribution is -0.139. The molecule has 3 aromatic carbocycles. The topological polar surface area (TPSA) is 77.8 Å². The van der Waals surface area contributed by atoms with Crippen molar-refractivity contribution >= 4 is 17.1 Å². The van der Waals surface area contributed by atoms with Gasteiger partial charge >= 0.3 is 5.97 Å². The van der Waals surface area contributed by atoms with Crippen LogP contribution in [-0.4, -0.2) is 33.5 Å². The number of halogens is 2. The van der Waals surface area contributed by atoms with Crippen molar-refractivity contribution in [2.24, 2.45) is 0 Å². The minimum atomic E-state index is -1.19. The third-order valence-corrected chi connectivity index (χ3v) is 5.03. The molecule has 0 aliphatic rings. The highest BCUT2D eigenvalue weighted by molar-refractivity contribution is 6.02. The first kappa shape index (κ1) is 24.0. The summed E-state index contributed by atoms with van der Waals surface area (Å²) in [5.74, 6) is -1.94. The maximum Gasteiger partial charge on any atom is 0.305 e. The van der Waals surface area contributed by atoms with E-state index >= 15 is 0 Å². The Balaban J connectivity index is 2.12. The SMILES string of the molecule is O=C(O)CC(O)CC(O)/C=C/C(=C(c1ccc(F)cc1)c1ccc(F)cc1)c1ccccc1. The number of aliphatic carboxylic acids is 1. The summed E-state index contributed by atoms with van der Waals surface area (Å²) in [6.45, 7) is 0. The van der Waals surface area contributed by atoms with Crippen LogP contribution in [0.15, 0.2) is 91.0 Å².